The highest BCUT2D eigenvalue weighted by Crippen LogP contribution is 2.26. The summed E-state index contributed by atoms with van der Waals surface area (Å²) in [5, 5.41) is 2.77. The van der Waals surface area contributed by atoms with Crippen LogP contribution in [-0.2, 0) is 26.0 Å². The molecule has 8 heteroatoms. The third-order valence-corrected chi connectivity index (χ3v) is 7.90. The van der Waals surface area contributed by atoms with Gasteiger partial charge >= 0.3 is 0 Å². The molecular formula is C29H35N3O4S. The summed E-state index contributed by atoms with van der Waals surface area (Å²) in [6, 6.07) is 22.4. The standard InChI is InChI=1S/C29H35N3O4S/c1-5-30-29(34)24(4)31(17-16-25-12-8-6-9-13-25)28(33)21-32(26-19-22(2)18-23(3)20-26)37(35,36)27-14-10-7-11-15-27/h6-15,18-20,24H,5,16-17,21H2,1-4H3,(H,30,34)/t24-/m1/s1. The summed E-state index contributed by atoms with van der Waals surface area (Å²) in [5.41, 5.74) is 3.19. The fourth-order valence-corrected chi connectivity index (χ4v) is 5.65. The second-order valence-corrected chi connectivity index (χ2v) is 10.9. The summed E-state index contributed by atoms with van der Waals surface area (Å²) in [5.74, 6) is -0.735. The summed E-state index contributed by atoms with van der Waals surface area (Å²) < 4.78 is 28.7. The number of amides is 2. The monoisotopic (exact) mass is 521 g/mol. The Hall–Kier alpha value is -3.65. The van der Waals surface area contributed by atoms with Crippen LogP contribution in [0.2, 0.25) is 0 Å². The Kier molecular flexibility index (Phi) is 9.47. The molecule has 0 unspecified atom stereocenters. The average Bonchev–Trinajstić information content (AvgIpc) is 2.87. The lowest BCUT2D eigenvalue weighted by molar-refractivity contribution is -0.138. The Morgan fingerprint density at radius 1 is 0.892 bits per heavy atom. The molecule has 0 aliphatic carbocycles. The molecule has 0 aliphatic rings. The smallest absolute Gasteiger partial charge is 0.264 e. The van der Waals surface area contributed by atoms with Gasteiger partial charge in [-0.05, 0) is 75.1 Å². The number of carbonyl (C=O) groups excluding carboxylic acids is 2. The van der Waals surface area contributed by atoms with Gasteiger partial charge in [-0.2, -0.15) is 0 Å². The number of hydrogen-bond acceptors (Lipinski definition) is 4. The minimum Gasteiger partial charge on any atom is -0.355 e. The van der Waals surface area contributed by atoms with Crippen molar-refractivity contribution in [2.45, 2.75) is 45.1 Å². The highest BCUT2D eigenvalue weighted by molar-refractivity contribution is 7.92. The van der Waals surface area contributed by atoms with Crippen molar-refractivity contribution in [2.75, 3.05) is 23.9 Å². The molecule has 0 saturated heterocycles. The maximum atomic E-state index is 13.8. The first kappa shape index (κ1) is 27.9. The van der Waals surface area contributed by atoms with Crippen LogP contribution in [-0.4, -0.2) is 50.8 Å². The van der Waals surface area contributed by atoms with Crippen molar-refractivity contribution in [3.05, 3.63) is 95.6 Å². The number of nitrogens with zero attached hydrogens (tertiary/aromatic N) is 2. The Morgan fingerprint density at radius 2 is 1.46 bits per heavy atom. The SMILES string of the molecule is CCNC(=O)[C@@H](C)N(CCc1ccccc1)C(=O)CN(c1cc(C)cc(C)c1)S(=O)(=O)c1ccccc1. The van der Waals surface area contributed by atoms with Crippen LogP contribution >= 0.6 is 0 Å². The zero-order valence-corrected chi connectivity index (χ0v) is 22.7. The molecule has 196 valence electrons. The van der Waals surface area contributed by atoms with Crippen molar-refractivity contribution >= 4 is 27.5 Å². The van der Waals surface area contributed by atoms with E-state index in [1.807, 2.05) is 57.2 Å². The van der Waals surface area contributed by atoms with Crippen LogP contribution in [0.5, 0.6) is 0 Å². The number of aryl methyl sites for hydroxylation is 2. The molecule has 37 heavy (non-hydrogen) atoms. The Morgan fingerprint density at radius 3 is 2.03 bits per heavy atom. The molecule has 0 radical (unpaired) electrons. The Labute approximate surface area is 220 Å². The summed E-state index contributed by atoms with van der Waals surface area (Å²) >= 11 is 0. The van der Waals surface area contributed by atoms with Crippen LogP contribution in [0.15, 0.2) is 83.8 Å². The van der Waals surface area contributed by atoms with E-state index in [0.29, 0.717) is 18.7 Å². The lowest BCUT2D eigenvalue weighted by Gasteiger charge is -2.32. The highest BCUT2D eigenvalue weighted by Gasteiger charge is 2.32. The fraction of sp³-hybridized carbons (Fsp3) is 0.310. The van der Waals surface area contributed by atoms with E-state index in [1.165, 1.54) is 17.0 Å². The van der Waals surface area contributed by atoms with Gasteiger partial charge in [0.1, 0.15) is 12.6 Å². The molecule has 7 nitrogen and oxygen atoms in total. The molecule has 0 saturated carbocycles. The van der Waals surface area contributed by atoms with Gasteiger partial charge in [-0.1, -0.05) is 54.6 Å². The third-order valence-electron chi connectivity index (χ3n) is 6.11. The van der Waals surface area contributed by atoms with Crippen LogP contribution in [0.1, 0.15) is 30.5 Å². The summed E-state index contributed by atoms with van der Waals surface area (Å²) in [6.45, 7) is 7.52. The maximum absolute atomic E-state index is 13.8. The van der Waals surface area contributed by atoms with Crippen molar-refractivity contribution in [3.8, 4) is 0 Å². The van der Waals surface area contributed by atoms with Gasteiger partial charge in [0.2, 0.25) is 11.8 Å². The summed E-state index contributed by atoms with van der Waals surface area (Å²) in [4.78, 5) is 28.1. The first-order valence-electron chi connectivity index (χ1n) is 12.4. The van der Waals surface area contributed by atoms with Crippen LogP contribution in [0, 0.1) is 13.8 Å². The van der Waals surface area contributed by atoms with Crippen molar-refractivity contribution in [2.24, 2.45) is 0 Å². The first-order chi connectivity index (χ1) is 17.6. The zero-order valence-electron chi connectivity index (χ0n) is 21.8. The van der Waals surface area contributed by atoms with Gasteiger partial charge in [0.05, 0.1) is 10.6 Å². The van der Waals surface area contributed by atoms with Crippen molar-refractivity contribution in [1.82, 2.24) is 10.2 Å². The lowest BCUT2D eigenvalue weighted by Crippen LogP contribution is -2.52. The van der Waals surface area contributed by atoms with Crippen molar-refractivity contribution in [1.29, 1.82) is 0 Å². The molecule has 0 spiro atoms. The number of likely N-dealkylation sites (N-methyl/N-ethyl adjacent to an activating group) is 1. The van der Waals surface area contributed by atoms with Gasteiger partial charge in [-0.3, -0.25) is 13.9 Å². The fourth-order valence-electron chi connectivity index (χ4n) is 4.24. The van der Waals surface area contributed by atoms with Gasteiger partial charge in [-0.25, -0.2) is 8.42 Å². The van der Waals surface area contributed by atoms with E-state index in [9.17, 15) is 18.0 Å². The minimum absolute atomic E-state index is 0.0922. The normalized spacial score (nSPS) is 12.0. The van der Waals surface area contributed by atoms with Gasteiger partial charge in [-0.15, -0.1) is 0 Å². The molecule has 1 N–H and O–H groups in total. The second kappa shape index (κ2) is 12.5. The van der Waals surface area contributed by atoms with Crippen LogP contribution in [0.3, 0.4) is 0 Å². The van der Waals surface area contributed by atoms with Gasteiger partial charge in [0.25, 0.3) is 10.0 Å². The topological polar surface area (TPSA) is 86.8 Å². The van der Waals surface area contributed by atoms with E-state index in [-0.39, 0.29) is 17.3 Å². The minimum atomic E-state index is -4.05. The number of carbonyl (C=O) groups is 2. The molecule has 0 aromatic heterocycles. The number of rotatable bonds is 11. The Bertz CT molecular complexity index is 1290. The molecular weight excluding hydrogens is 486 g/mol. The molecule has 3 aromatic carbocycles. The average molecular weight is 522 g/mol. The van der Waals surface area contributed by atoms with Crippen molar-refractivity contribution < 1.29 is 18.0 Å². The molecule has 0 aliphatic heterocycles. The van der Waals surface area contributed by atoms with E-state index in [1.54, 1.807) is 37.3 Å². The van der Waals surface area contributed by atoms with E-state index >= 15 is 0 Å². The number of nitrogens with one attached hydrogen (secondary N) is 1. The highest BCUT2D eigenvalue weighted by atomic mass is 32.2. The maximum Gasteiger partial charge on any atom is 0.264 e. The lowest BCUT2D eigenvalue weighted by atomic mass is 10.1. The predicted octanol–water partition coefficient (Wildman–Crippen LogP) is 4.09. The van der Waals surface area contributed by atoms with Crippen molar-refractivity contribution in [3.63, 3.8) is 0 Å². The molecule has 3 rings (SSSR count). The van der Waals surface area contributed by atoms with Gasteiger partial charge in [0.15, 0.2) is 0 Å². The van der Waals surface area contributed by atoms with Crippen LogP contribution < -0.4 is 9.62 Å². The molecule has 1 atom stereocenters. The van der Waals surface area contributed by atoms with Gasteiger partial charge < -0.3 is 10.2 Å². The second-order valence-electron chi connectivity index (χ2n) is 9.06. The number of sulfonamides is 1. The van der Waals surface area contributed by atoms with Gasteiger partial charge in [0, 0.05) is 13.1 Å². The van der Waals surface area contributed by atoms with E-state index < -0.39 is 28.5 Å². The van der Waals surface area contributed by atoms with E-state index in [2.05, 4.69) is 5.32 Å². The largest absolute Gasteiger partial charge is 0.355 e. The molecule has 0 fully saturated rings. The molecule has 2 amide bonds. The van der Waals surface area contributed by atoms with Crippen LogP contribution in [0.25, 0.3) is 0 Å². The Balaban J connectivity index is 1.99. The summed E-state index contributed by atoms with van der Waals surface area (Å²) in [6.07, 6.45) is 0.533. The molecule has 0 heterocycles. The third kappa shape index (κ3) is 7.20. The van der Waals surface area contributed by atoms with E-state index in [4.69, 9.17) is 0 Å². The number of hydrogen-bond donors (Lipinski definition) is 1. The molecule has 0 bridgehead atoms. The quantitative estimate of drug-likeness (QED) is 0.412. The number of anilines is 1. The zero-order chi connectivity index (χ0) is 27.0. The van der Waals surface area contributed by atoms with Crippen LogP contribution in [0.4, 0.5) is 5.69 Å². The van der Waals surface area contributed by atoms with E-state index in [0.717, 1.165) is 21.0 Å². The predicted molar refractivity (Wildman–Crippen MR) is 147 cm³/mol. The molecule has 3 aromatic rings. The first-order valence-corrected chi connectivity index (χ1v) is 13.8. The summed E-state index contributed by atoms with van der Waals surface area (Å²) in [7, 11) is -4.05. The number of benzene rings is 3.